The molecule has 0 aromatic heterocycles. The molecule has 0 heterocycles. The van der Waals surface area contributed by atoms with Gasteiger partial charge in [0.25, 0.3) is 0 Å². The van der Waals surface area contributed by atoms with Crippen LogP contribution in [0.15, 0.2) is 30.3 Å². The number of carbonyl (C=O) groups is 1. The summed E-state index contributed by atoms with van der Waals surface area (Å²) < 4.78 is 0. The minimum atomic E-state index is 0.273. The summed E-state index contributed by atoms with van der Waals surface area (Å²) in [6, 6.07) is 10.4. The summed E-state index contributed by atoms with van der Waals surface area (Å²) in [6.45, 7) is 4.45. The van der Waals surface area contributed by atoms with Gasteiger partial charge in [-0.2, -0.15) is 0 Å². The van der Waals surface area contributed by atoms with E-state index in [1.165, 1.54) is 5.56 Å². The average Bonchev–Trinajstić information content (AvgIpc) is 2.62. The smallest absolute Gasteiger partial charge is 0.136 e. The zero-order chi connectivity index (χ0) is 11.5. The van der Waals surface area contributed by atoms with Gasteiger partial charge in [-0.15, -0.1) is 0 Å². The van der Waals surface area contributed by atoms with E-state index in [0.717, 1.165) is 19.3 Å². The standard InChI is InChI=1S/C15H20O/c1-11(2)13-9-14(15(16)10-13)8-12-6-4-3-5-7-12/h3-7,11,13-14H,8-10H2,1-2H3/t13-,14+/m0/s1. The van der Waals surface area contributed by atoms with Crippen LogP contribution in [0.3, 0.4) is 0 Å². The third-order valence-corrected chi connectivity index (χ3v) is 3.77. The summed E-state index contributed by atoms with van der Waals surface area (Å²) in [5.41, 5.74) is 1.30. The Hall–Kier alpha value is -1.11. The second-order valence-electron chi connectivity index (χ2n) is 5.30. The molecule has 1 nitrogen and oxygen atoms in total. The Bertz CT molecular complexity index is 353. The number of carbonyl (C=O) groups excluding carboxylic acids is 1. The van der Waals surface area contributed by atoms with Crippen LogP contribution < -0.4 is 0 Å². The molecule has 0 N–H and O–H groups in total. The molecule has 1 saturated carbocycles. The first-order chi connectivity index (χ1) is 7.66. The van der Waals surface area contributed by atoms with E-state index in [-0.39, 0.29) is 5.92 Å². The fraction of sp³-hybridized carbons (Fsp3) is 0.533. The number of hydrogen-bond acceptors (Lipinski definition) is 1. The highest BCUT2D eigenvalue weighted by Gasteiger charge is 2.33. The molecule has 0 saturated heterocycles. The molecule has 0 unspecified atom stereocenters. The topological polar surface area (TPSA) is 17.1 Å². The van der Waals surface area contributed by atoms with Gasteiger partial charge >= 0.3 is 0 Å². The molecular formula is C15H20O. The summed E-state index contributed by atoms with van der Waals surface area (Å²) in [4.78, 5) is 11.9. The Morgan fingerprint density at radius 1 is 1.25 bits per heavy atom. The molecule has 1 fully saturated rings. The molecular weight excluding hydrogens is 196 g/mol. The number of benzene rings is 1. The van der Waals surface area contributed by atoms with Gasteiger partial charge in [-0.05, 0) is 30.2 Å². The van der Waals surface area contributed by atoms with Crippen LogP contribution >= 0.6 is 0 Å². The summed E-state index contributed by atoms with van der Waals surface area (Å²) >= 11 is 0. The van der Waals surface area contributed by atoms with E-state index in [9.17, 15) is 4.79 Å². The van der Waals surface area contributed by atoms with Gasteiger partial charge in [0.1, 0.15) is 5.78 Å². The predicted molar refractivity (Wildman–Crippen MR) is 66.2 cm³/mol. The number of rotatable bonds is 3. The Kier molecular flexibility index (Phi) is 3.42. The Morgan fingerprint density at radius 3 is 2.50 bits per heavy atom. The second kappa shape index (κ2) is 4.82. The predicted octanol–water partition coefficient (Wildman–Crippen LogP) is 3.48. The molecule has 1 heteroatoms. The van der Waals surface area contributed by atoms with Crippen LogP contribution in [0.5, 0.6) is 0 Å². The van der Waals surface area contributed by atoms with Crippen molar-refractivity contribution in [3.8, 4) is 0 Å². The summed E-state index contributed by atoms with van der Waals surface area (Å²) in [5.74, 6) is 2.00. The first kappa shape index (κ1) is 11.4. The van der Waals surface area contributed by atoms with Crippen LogP contribution in [0.25, 0.3) is 0 Å². The van der Waals surface area contributed by atoms with Crippen LogP contribution in [0, 0.1) is 17.8 Å². The van der Waals surface area contributed by atoms with Gasteiger partial charge in [-0.3, -0.25) is 4.79 Å². The van der Waals surface area contributed by atoms with E-state index in [1.807, 2.05) is 6.07 Å². The van der Waals surface area contributed by atoms with E-state index in [4.69, 9.17) is 0 Å². The van der Waals surface area contributed by atoms with E-state index < -0.39 is 0 Å². The third-order valence-electron chi connectivity index (χ3n) is 3.77. The molecule has 0 aliphatic heterocycles. The van der Waals surface area contributed by atoms with Crippen molar-refractivity contribution in [2.24, 2.45) is 17.8 Å². The normalized spacial score (nSPS) is 25.3. The molecule has 2 atom stereocenters. The lowest BCUT2D eigenvalue weighted by Gasteiger charge is -2.13. The Morgan fingerprint density at radius 2 is 1.94 bits per heavy atom. The van der Waals surface area contributed by atoms with Gasteiger partial charge in [-0.25, -0.2) is 0 Å². The third kappa shape index (κ3) is 2.52. The maximum Gasteiger partial charge on any atom is 0.136 e. The quantitative estimate of drug-likeness (QED) is 0.756. The Balaban J connectivity index is 1.99. The fourth-order valence-electron chi connectivity index (χ4n) is 2.61. The maximum atomic E-state index is 11.9. The molecule has 2 rings (SSSR count). The van der Waals surface area contributed by atoms with Crippen LogP contribution in [0.1, 0.15) is 32.3 Å². The minimum absolute atomic E-state index is 0.273. The lowest BCUT2D eigenvalue weighted by molar-refractivity contribution is -0.120. The molecule has 16 heavy (non-hydrogen) atoms. The lowest BCUT2D eigenvalue weighted by Crippen LogP contribution is -2.09. The summed E-state index contributed by atoms with van der Waals surface area (Å²) in [6.07, 6.45) is 2.82. The Labute approximate surface area is 97.9 Å². The van der Waals surface area contributed by atoms with Crippen molar-refractivity contribution in [3.05, 3.63) is 35.9 Å². The van der Waals surface area contributed by atoms with Gasteiger partial charge in [0, 0.05) is 12.3 Å². The van der Waals surface area contributed by atoms with Crippen LogP contribution in [-0.2, 0) is 11.2 Å². The highest BCUT2D eigenvalue weighted by molar-refractivity contribution is 5.83. The maximum absolute atomic E-state index is 11.9. The number of hydrogen-bond donors (Lipinski definition) is 0. The minimum Gasteiger partial charge on any atom is -0.299 e. The molecule has 0 bridgehead atoms. The molecule has 1 aromatic rings. The summed E-state index contributed by atoms with van der Waals surface area (Å²) in [5, 5.41) is 0. The zero-order valence-electron chi connectivity index (χ0n) is 10.1. The van der Waals surface area contributed by atoms with Gasteiger partial charge in [0.05, 0.1) is 0 Å². The largest absolute Gasteiger partial charge is 0.299 e. The van der Waals surface area contributed by atoms with Crippen molar-refractivity contribution in [1.29, 1.82) is 0 Å². The first-order valence-corrected chi connectivity index (χ1v) is 6.23. The lowest BCUT2D eigenvalue weighted by atomic mass is 9.91. The van der Waals surface area contributed by atoms with Gasteiger partial charge in [0.2, 0.25) is 0 Å². The van der Waals surface area contributed by atoms with Gasteiger partial charge in [0.15, 0.2) is 0 Å². The van der Waals surface area contributed by atoms with Crippen molar-refractivity contribution in [2.75, 3.05) is 0 Å². The van der Waals surface area contributed by atoms with Gasteiger partial charge in [-0.1, -0.05) is 44.2 Å². The highest BCUT2D eigenvalue weighted by Crippen LogP contribution is 2.34. The average molecular weight is 216 g/mol. The second-order valence-corrected chi connectivity index (χ2v) is 5.30. The summed E-state index contributed by atoms with van der Waals surface area (Å²) in [7, 11) is 0. The molecule has 1 aliphatic carbocycles. The van der Waals surface area contributed by atoms with E-state index >= 15 is 0 Å². The van der Waals surface area contributed by atoms with Crippen LogP contribution in [0.4, 0.5) is 0 Å². The fourth-order valence-corrected chi connectivity index (χ4v) is 2.61. The van der Waals surface area contributed by atoms with Crippen molar-refractivity contribution in [1.82, 2.24) is 0 Å². The van der Waals surface area contributed by atoms with Crippen molar-refractivity contribution < 1.29 is 4.79 Å². The molecule has 0 amide bonds. The van der Waals surface area contributed by atoms with E-state index in [1.54, 1.807) is 0 Å². The van der Waals surface area contributed by atoms with Crippen LogP contribution in [-0.4, -0.2) is 5.78 Å². The van der Waals surface area contributed by atoms with Crippen LogP contribution in [0.2, 0.25) is 0 Å². The highest BCUT2D eigenvalue weighted by atomic mass is 16.1. The zero-order valence-corrected chi connectivity index (χ0v) is 10.1. The first-order valence-electron chi connectivity index (χ1n) is 6.23. The van der Waals surface area contributed by atoms with E-state index in [2.05, 4.69) is 38.1 Å². The van der Waals surface area contributed by atoms with Crippen molar-refractivity contribution >= 4 is 5.78 Å². The molecule has 1 aliphatic rings. The molecule has 0 radical (unpaired) electrons. The monoisotopic (exact) mass is 216 g/mol. The van der Waals surface area contributed by atoms with Gasteiger partial charge < -0.3 is 0 Å². The SMILES string of the molecule is CC(C)[C@@H]1CC(=O)[C@H](Cc2ccccc2)C1. The molecule has 86 valence electrons. The molecule has 1 aromatic carbocycles. The van der Waals surface area contributed by atoms with Crippen molar-refractivity contribution in [3.63, 3.8) is 0 Å². The molecule has 0 spiro atoms. The number of Topliss-reactive ketones (excluding diaryl/α,β-unsaturated/α-hetero) is 1. The van der Waals surface area contributed by atoms with E-state index in [0.29, 0.717) is 17.6 Å². The number of ketones is 1. The van der Waals surface area contributed by atoms with Crippen molar-refractivity contribution in [2.45, 2.75) is 33.1 Å².